The molecule has 0 bridgehead atoms. The van der Waals surface area contributed by atoms with Crippen LogP contribution in [0.5, 0.6) is 0 Å². The Hall–Kier alpha value is -1.58. The molecule has 3 N–H and O–H groups in total. The van der Waals surface area contributed by atoms with Crippen LogP contribution < -0.4 is 11.3 Å². The van der Waals surface area contributed by atoms with Crippen LogP contribution in [0.1, 0.15) is 6.92 Å². The number of amides is 1. The van der Waals surface area contributed by atoms with Gasteiger partial charge in [-0.05, 0) is 6.92 Å². The number of hydrazine groups is 1. The van der Waals surface area contributed by atoms with E-state index in [1.54, 1.807) is 17.9 Å². The molecule has 1 amide bonds. The maximum absolute atomic E-state index is 11.2. The SMILES string of the molecule is CCn1c(SCC(=O)NN)nnc1-c1c(Cl)cnn1C. The first-order valence-electron chi connectivity index (χ1n) is 5.81. The molecule has 0 aliphatic heterocycles. The van der Waals surface area contributed by atoms with Crippen molar-refractivity contribution >= 4 is 29.3 Å². The Labute approximate surface area is 124 Å². The van der Waals surface area contributed by atoms with Crippen LogP contribution in [-0.4, -0.2) is 36.2 Å². The van der Waals surface area contributed by atoms with E-state index in [4.69, 9.17) is 17.4 Å². The van der Waals surface area contributed by atoms with Crippen LogP contribution in [0, 0.1) is 0 Å². The minimum atomic E-state index is -0.277. The molecule has 2 rings (SSSR count). The number of halogens is 1. The summed E-state index contributed by atoms with van der Waals surface area (Å²) in [5.74, 6) is 5.56. The fraction of sp³-hybridized carbons (Fsp3) is 0.400. The van der Waals surface area contributed by atoms with Gasteiger partial charge in [-0.1, -0.05) is 23.4 Å². The number of hydrogen-bond donors (Lipinski definition) is 2. The summed E-state index contributed by atoms with van der Waals surface area (Å²) in [6, 6.07) is 0. The third-order valence-corrected chi connectivity index (χ3v) is 3.88. The predicted octanol–water partition coefficient (Wildman–Crippen LogP) is 0.434. The molecule has 0 saturated heterocycles. The minimum Gasteiger partial charge on any atom is -0.301 e. The zero-order chi connectivity index (χ0) is 14.7. The van der Waals surface area contributed by atoms with Crippen molar-refractivity contribution in [3.05, 3.63) is 11.2 Å². The molecule has 0 fully saturated rings. The zero-order valence-electron chi connectivity index (χ0n) is 11.0. The van der Waals surface area contributed by atoms with Crippen molar-refractivity contribution in [2.45, 2.75) is 18.6 Å². The smallest absolute Gasteiger partial charge is 0.244 e. The van der Waals surface area contributed by atoms with E-state index in [9.17, 15) is 4.79 Å². The second-order valence-electron chi connectivity index (χ2n) is 3.87. The van der Waals surface area contributed by atoms with Crippen molar-refractivity contribution < 1.29 is 4.79 Å². The quantitative estimate of drug-likeness (QED) is 0.359. The van der Waals surface area contributed by atoms with E-state index in [1.165, 1.54) is 11.8 Å². The molecule has 0 radical (unpaired) electrons. The van der Waals surface area contributed by atoms with Crippen molar-refractivity contribution in [2.75, 3.05) is 5.75 Å². The Kier molecular flexibility index (Phi) is 4.63. The molecule has 2 heterocycles. The summed E-state index contributed by atoms with van der Waals surface area (Å²) in [6.07, 6.45) is 1.56. The van der Waals surface area contributed by atoms with Crippen LogP contribution in [-0.2, 0) is 18.4 Å². The molecule has 2 aromatic heterocycles. The summed E-state index contributed by atoms with van der Waals surface area (Å²) in [6.45, 7) is 2.61. The van der Waals surface area contributed by atoms with Crippen molar-refractivity contribution in [3.8, 4) is 11.5 Å². The molecule has 8 nitrogen and oxygen atoms in total. The molecule has 0 spiro atoms. The minimum absolute atomic E-state index is 0.174. The van der Waals surface area contributed by atoms with E-state index in [2.05, 4.69) is 20.7 Å². The van der Waals surface area contributed by atoms with E-state index < -0.39 is 0 Å². The Morgan fingerprint density at radius 2 is 2.30 bits per heavy atom. The third-order valence-electron chi connectivity index (χ3n) is 2.63. The van der Waals surface area contributed by atoms with Crippen LogP contribution in [0.3, 0.4) is 0 Å². The molecule has 0 aromatic carbocycles. The summed E-state index contributed by atoms with van der Waals surface area (Å²) in [4.78, 5) is 11.2. The van der Waals surface area contributed by atoms with Crippen LogP contribution in [0.4, 0.5) is 0 Å². The van der Waals surface area contributed by atoms with Gasteiger partial charge in [-0.2, -0.15) is 5.10 Å². The number of carbonyl (C=O) groups is 1. The summed E-state index contributed by atoms with van der Waals surface area (Å²) in [5, 5.41) is 13.4. The molecule has 2 aromatic rings. The lowest BCUT2D eigenvalue weighted by atomic mass is 10.4. The normalized spacial score (nSPS) is 10.8. The van der Waals surface area contributed by atoms with E-state index in [1.807, 2.05) is 11.5 Å². The summed E-state index contributed by atoms with van der Waals surface area (Å²) < 4.78 is 3.51. The molecule has 0 atom stereocenters. The van der Waals surface area contributed by atoms with Crippen LogP contribution in [0.15, 0.2) is 11.4 Å². The Morgan fingerprint density at radius 3 is 2.85 bits per heavy atom. The van der Waals surface area contributed by atoms with Crippen molar-refractivity contribution in [1.29, 1.82) is 0 Å². The summed E-state index contributed by atoms with van der Waals surface area (Å²) in [5.41, 5.74) is 2.76. The number of carbonyl (C=O) groups excluding carboxylic acids is 1. The Balaban J connectivity index is 2.32. The van der Waals surface area contributed by atoms with Crippen LogP contribution in [0.25, 0.3) is 11.5 Å². The number of nitrogens with zero attached hydrogens (tertiary/aromatic N) is 5. The lowest BCUT2D eigenvalue weighted by Crippen LogP contribution is -2.31. The van der Waals surface area contributed by atoms with Gasteiger partial charge >= 0.3 is 0 Å². The maximum Gasteiger partial charge on any atom is 0.244 e. The maximum atomic E-state index is 11.2. The van der Waals surface area contributed by atoms with Crippen molar-refractivity contribution in [2.24, 2.45) is 12.9 Å². The molecule has 0 saturated carbocycles. The molecule has 10 heteroatoms. The molecule has 108 valence electrons. The van der Waals surface area contributed by atoms with Crippen LogP contribution >= 0.6 is 23.4 Å². The highest BCUT2D eigenvalue weighted by atomic mass is 35.5. The molecule has 20 heavy (non-hydrogen) atoms. The topological polar surface area (TPSA) is 104 Å². The summed E-state index contributed by atoms with van der Waals surface area (Å²) in [7, 11) is 1.78. The second-order valence-corrected chi connectivity index (χ2v) is 5.22. The van der Waals surface area contributed by atoms with E-state index in [-0.39, 0.29) is 11.7 Å². The molecular weight excluding hydrogens is 302 g/mol. The van der Waals surface area contributed by atoms with E-state index in [0.29, 0.717) is 28.2 Å². The number of nitrogens with two attached hydrogens (primary N) is 1. The van der Waals surface area contributed by atoms with Crippen molar-refractivity contribution in [1.82, 2.24) is 30.0 Å². The standard InChI is InChI=1S/C10H14ClN7OS/c1-3-18-9(8-6(11)4-13-17(8)2)15-16-10(18)20-5-7(19)14-12/h4H,3,5,12H2,1-2H3,(H,14,19). The molecule has 0 unspecified atom stereocenters. The number of thioether (sulfide) groups is 1. The predicted molar refractivity (Wildman–Crippen MR) is 76.0 cm³/mol. The van der Waals surface area contributed by atoms with Gasteiger partial charge in [-0.15, -0.1) is 10.2 Å². The van der Waals surface area contributed by atoms with Crippen molar-refractivity contribution in [3.63, 3.8) is 0 Å². The summed E-state index contributed by atoms with van der Waals surface area (Å²) >= 11 is 7.37. The first-order chi connectivity index (χ1) is 9.58. The van der Waals surface area contributed by atoms with Gasteiger partial charge in [0.05, 0.1) is 17.0 Å². The average Bonchev–Trinajstić information content (AvgIpc) is 2.99. The highest BCUT2D eigenvalue weighted by Crippen LogP contribution is 2.28. The molecular formula is C10H14ClN7OS. The number of aryl methyl sites for hydroxylation is 1. The van der Waals surface area contributed by atoms with Gasteiger partial charge in [0.25, 0.3) is 0 Å². The van der Waals surface area contributed by atoms with Gasteiger partial charge < -0.3 is 4.57 Å². The number of hydrogen-bond acceptors (Lipinski definition) is 6. The van der Waals surface area contributed by atoms with Gasteiger partial charge in [0, 0.05) is 13.6 Å². The first-order valence-corrected chi connectivity index (χ1v) is 7.18. The fourth-order valence-corrected chi connectivity index (χ4v) is 2.75. The van der Waals surface area contributed by atoms with E-state index >= 15 is 0 Å². The lowest BCUT2D eigenvalue weighted by Gasteiger charge is -2.07. The monoisotopic (exact) mass is 315 g/mol. The number of aromatic nitrogens is 5. The van der Waals surface area contributed by atoms with Gasteiger partial charge in [0.2, 0.25) is 5.91 Å². The number of nitrogens with one attached hydrogen (secondary N) is 1. The fourth-order valence-electron chi connectivity index (χ4n) is 1.69. The first kappa shape index (κ1) is 14.8. The second kappa shape index (κ2) is 6.25. The Morgan fingerprint density at radius 1 is 1.55 bits per heavy atom. The highest BCUT2D eigenvalue weighted by molar-refractivity contribution is 7.99. The lowest BCUT2D eigenvalue weighted by molar-refractivity contribution is -0.118. The molecule has 0 aliphatic rings. The zero-order valence-corrected chi connectivity index (χ0v) is 12.6. The van der Waals surface area contributed by atoms with Gasteiger partial charge in [-0.3, -0.25) is 14.9 Å². The van der Waals surface area contributed by atoms with Gasteiger partial charge in [-0.25, -0.2) is 5.84 Å². The highest BCUT2D eigenvalue weighted by Gasteiger charge is 2.19. The van der Waals surface area contributed by atoms with Crippen LogP contribution in [0.2, 0.25) is 5.02 Å². The van der Waals surface area contributed by atoms with Gasteiger partial charge in [0.1, 0.15) is 5.69 Å². The Bertz CT molecular complexity index is 604. The van der Waals surface area contributed by atoms with Gasteiger partial charge in [0.15, 0.2) is 11.0 Å². The van der Waals surface area contributed by atoms with E-state index in [0.717, 1.165) is 0 Å². The number of rotatable bonds is 5. The largest absolute Gasteiger partial charge is 0.301 e. The average molecular weight is 316 g/mol. The molecule has 0 aliphatic carbocycles. The third kappa shape index (κ3) is 2.79.